The monoisotopic (exact) mass is 384 g/mol. The molecule has 27 heavy (non-hydrogen) atoms. The molecule has 4 rings (SSSR count). The Morgan fingerprint density at radius 1 is 1.19 bits per heavy atom. The molecule has 0 radical (unpaired) electrons. The number of anilines is 1. The number of sulfonamides is 1. The molecule has 2 aromatic carbocycles. The van der Waals surface area contributed by atoms with Crippen LogP contribution >= 0.6 is 0 Å². The van der Waals surface area contributed by atoms with Crippen molar-refractivity contribution in [2.24, 2.45) is 5.92 Å². The van der Waals surface area contributed by atoms with Crippen molar-refractivity contribution in [3.8, 4) is 0 Å². The van der Waals surface area contributed by atoms with Crippen molar-refractivity contribution in [2.45, 2.75) is 37.0 Å². The molecule has 5 nitrogen and oxygen atoms in total. The molecule has 6 heteroatoms. The van der Waals surface area contributed by atoms with Gasteiger partial charge >= 0.3 is 0 Å². The van der Waals surface area contributed by atoms with Crippen LogP contribution in [0.4, 0.5) is 5.69 Å². The second-order valence-corrected chi connectivity index (χ2v) is 9.24. The van der Waals surface area contributed by atoms with E-state index in [9.17, 15) is 13.2 Å². The molecule has 1 aliphatic carbocycles. The summed E-state index contributed by atoms with van der Waals surface area (Å²) in [5, 5.41) is 0. The van der Waals surface area contributed by atoms with E-state index in [2.05, 4.69) is 4.72 Å². The summed E-state index contributed by atoms with van der Waals surface area (Å²) in [7, 11) is -3.58. The highest BCUT2D eigenvalue weighted by molar-refractivity contribution is 7.89. The summed E-state index contributed by atoms with van der Waals surface area (Å²) in [6.45, 7) is 2.99. The van der Waals surface area contributed by atoms with Crippen molar-refractivity contribution >= 4 is 21.6 Å². The second-order valence-electron chi connectivity index (χ2n) is 7.47. The predicted octanol–water partition coefficient (Wildman–Crippen LogP) is 3.07. The lowest BCUT2D eigenvalue weighted by atomic mass is 10.0. The minimum atomic E-state index is -3.58. The Bertz CT molecular complexity index is 953. The average molecular weight is 385 g/mol. The Morgan fingerprint density at radius 2 is 1.93 bits per heavy atom. The first-order valence-corrected chi connectivity index (χ1v) is 10.9. The quantitative estimate of drug-likeness (QED) is 0.832. The molecular weight excluding hydrogens is 360 g/mol. The molecular formula is C21H24N2O3S. The van der Waals surface area contributed by atoms with E-state index in [1.165, 1.54) is 0 Å². The van der Waals surface area contributed by atoms with Gasteiger partial charge in [0.15, 0.2) is 0 Å². The number of hydrogen-bond donors (Lipinski definition) is 1. The van der Waals surface area contributed by atoms with Gasteiger partial charge in [-0.15, -0.1) is 0 Å². The van der Waals surface area contributed by atoms with Gasteiger partial charge in [0.1, 0.15) is 0 Å². The van der Waals surface area contributed by atoms with Crippen LogP contribution in [0.5, 0.6) is 0 Å². The third-order valence-corrected chi connectivity index (χ3v) is 6.82. The van der Waals surface area contributed by atoms with Crippen molar-refractivity contribution in [2.75, 3.05) is 18.0 Å². The number of rotatable bonds is 6. The van der Waals surface area contributed by atoms with Gasteiger partial charge in [-0.3, -0.25) is 4.79 Å². The third-order valence-electron chi connectivity index (χ3n) is 5.40. The van der Waals surface area contributed by atoms with Crippen molar-refractivity contribution < 1.29 is 13.2 Å². The molecule has 1 aliphatic heterocycles. The highest BCUT2D eigenvalue weighted by atomic mass is 32.2. The molecule has 1 atom stereocenters. The maximum absolute atomic E-state index is 12.7. The van der Waals surface area contributed by atoms with Gasteiger partial charge in [0.05, 0.1) is 4.90 Å². The molecule has 1 N–H and O–H groups in total. The van der Waals surface area contributed by atoms with Crippen LogP contribution in [-0.4, -0.2) is 27.4 Å². The summed E-state index contributed by atoms with van der Waals surface area (Å²) in [5.41, 5.74) is 2.90. The van der Waals surface area contributed by atoms with Crippen molar-refractivity contribution in [3.05, 3.63) is 59.7 Å². The second kappa shape index (κ2) is 7.09. The summed E-state index contributed by atoms with van der Waals surface area (Å²) >= 11 is 0. The molecule has 1 saturated carbocycles. The van der Waals surface area contributed by atoms with Gasteiger partial charge in [-0.2, -0.15) is 0 Å². The zero-order valence-corrected chi connectivity index (χ0v) is 16.2. The Labute approximate surface area is 160 Å². The zero-order chi connectivity index (χ0) is 19.0. The number of hydrogen-bond acceptors (Lipinski definition) is 3. The van der Waals surface area contributed by atoms with E-state index in [0.29, 0.717) is 19.5 Å². The van der Waals surface area contributed by atoms with Crippen LogP contribution in [0, 0.1) is 5.92 Å². The van der Waals surface area contributed by atoms with Crippen molar-refractivity contribution in [1.29, 1.82) is 0 Å². The fraction of sp³-hybridized carbons (Fsp3) is 0.381. The van der Waals surface area contributed by atoms with Crippen LogP contribution in [0.3, 0.4) is 0 Å². The van der Waals surface area contributed by atoms with E-state index in [4.69, 9.17) is 0 Å². The fourth-order valence-electron chi connectivity index (χ4n) is 3.54. The topological polar surface area (TPSA) is 66.5 Å². The molecule has 0 aromatic heterocycles. The van der Waals surface area contributed by atoms with Crippen molar-refractivity contribution in [1.82, 2.24) is 4.72 Å². The molecule has 1 fully saturated rings. The number of benzene rings is 2. The minimum absolute atomic E-state index is 0.0852. The molecule has 0 bridgehead atoms. The number of nitrogens with one attached hydrogen (secondary N) is 1. The van der Waals surface area contributed by atoms with E-state index in [-0.39, 0.29) is 22.6 Å². The Morgan fingerprint density at radius 3 is 2.63 bits per heavy atom. The number of fused-ring (bicyclic) bond motifs is 1. The van der Waals surface area contributed by atoms with E-state index < -0.39 is 10.0 Å². The normalized spacial score (nSPS) is 17.6. The molecule has 1 amide bonds. The van der Waals surface area contributed by atoms with Gasteiger partial charge in [0, 0.05) is 24.7 Å². The lowest BCUT2D eigenvalue weighted by Crippen LogP contribution is -2.30. The first kappa shape index (κ1) is 18.2. The summed E-state index contributed by atoms with van der Waals surface area (Å²) < 4.78 is 28.1. The maximum atomic E-state index is 12.7. The average Bonchev–Trinajstić information content (AvgIpc) is 3.45. The fourth-order valence-corrected chi connectivity index (χ4v) is 4.72. The summed E-state index contributed by atoms with van der Waals surface area (Å²) in [4.78, 5) is 14.4. The number of amides is 1. The molecule has 2 aliphatic rings. The van der Waals surface area contributed by atoms with E-state index in [1.54, 1.807) is 18.2 Å². The summed E-state index contributed by atoms with van der Waals surface area (Å²) in [6, 6.07) is 14.9. The van der Waals surface area contributed by atoms with Crippen LogP contribution in [-0.2, 0) is 21.2 Å². The number of carbonyl (C=O) groups is 1. The third kappa shape index (κ3) is 3.77. The van der Waals surface area contributed by atoms with Crippen LogP contribution in [0.2, 0.25) is 0 Å². The Kier molecular flexibility index (Phi) is 4.78. The van der Waals surface area contributed by atoms with Crippen LogP contribution in [0.25, 0.3) is 0 Å². The minimum Gasteiger partial charge on any atom is -0.312 e. The van der Waals surface area contributed by atoms with Gasteiger partial charge in [-0.25, -0.2) is 13.1 Å². The van der Waals surface area contributed by atoms with Gasteiger partial charge in [-0.1, -0.05) is 37.3 Å². The maximum Gasteiger partial charge on any atom is 0.240 e. The molecule has 142 valence electrons. The van der Waals surface area contributed by atoms with Gasteiger partial charge < -0.3 is 4.90 Å². The van der Waals surface area contributed by atoms with E-state index >= 15 is 0 Å². The van der Waals surface area contributed by atoms with Gasteiger partial charge in [0.2, 0.25) is 15.9 Å². The smallest absolute Gasteiger partial charge is 0.240 e. The largest absolute Gasteiger partial charge is 0.312 e. The lowest BCUT2D eigenvalue weighted by Gasteiger charge is -2.17. The van der Waals surface area contributed by atoms with Gasteiger partial charge in [-0.05, 0) is 54.5 Å². The standard InChI is InChI=1S/C21H24N2O3S/c1-15(16-5-3-2-4-6-16)14-22-27(25,26)19-9-10-20-18(13-19)11-12-23(20)21(24)17-7-8-17/h2-6,9-10,13,15,17,22H,7-8,11-12,14H2,1H3. The molecule has 0 saturated heterocycles. The Balaban J connectivity index is 1.47. The SMILES string of the molecule is CC(CNS(=O)(=O)c1ccc2c(c1)CCN2C(=O)C1CC1)c1ccccc1. The highest BCUT2D eigenvalue weighted by Gasteiger charge is 2.36. The number of nitrogens with zero attached hydrogens (tertiary/aromatic N) is 1. The van der Waals surface area contributed by atoms with Crippen molar-refractivity contribution in [3.63, 3.8) is 0 Å². The van der Waals surface area contributed by atoms with Gasteiger partial charge in [0.25, 0.3) is 0 Å². The molecule has 1 unspecified atom stereocenters. The summed E-state index contributed by atoms with van der Waals surface area (Å²) in [5.74, 6) is 0.432. The van der Waals surface area contributed by atoms with Crippen LogP contribution in [0.1, 0.15) is 36.8 Å². The van der Waals surface area contributed by atoms with E-state index in [1.807, 2.05) is 42.2 Å². The van der Waals surface area contributed by atoms with E-state index in [0.717, 1.165) is 29.7 Å². The predicted molar refractivity (Wildman–Crippen MR) is 105 cm³/mol. The summed E-state index contributed by atoms with van der Waals surface area (Å²) in [6.07, 6.45) is 2.65. The zero-order valence-electron chi connectivity index (χ0n) is 15.4. The molecule has 1 heterocycles. The van der Waals surface area contributed by atoms with Crippen LogP contribution < -0.4 is 9.62 Å². The number of carbonyl (C=O) groups excluding carboxylic acids is 1. The Hall–Kier alpha value is -2.18. The first-order valence-electron chi connectivity index (χ1n) is 9.44. The lowest BCUT2D eigenvalue weighted by molar-refractivity contribution is -0.119. The molecule has 2 aromatic rings. The van der Waals surface area contributed by atoms with Crippen LogP contribution in [0.15, 0.2) is 53.4 Å². The molecule has 0 spiro atoms. The first-order chi connectivity index (χ1) is 13.0. The highest BCUT2D eigenvalue weighted by Crippen LogP contribution is 2.37.